The second kappa shape index (κ2) is 5.01. The van der Waals surface area contributed by atoms with Crippen LogP contribution in [0.25, 0.3) is 20.8 Å². The number of rotatable bonds is 1. The van der Waals surface area contributed by atoms with Crippen molar-refractivity contribution in [3.05, 3.63) is 52.3 Å². The quantitative estimate of drug-likeness (QED) is 0.336. The van der Waals surface area contributed by atoms with E-state index in [9.17, 15) is 22.0 Å². The molecule has 3 aromatic rings. The van der Waals surface area contributed by atoms with Crippen LogP contribution in [-0.4, -0.2) is 4.98 Å². The van der Waals surface area contributed by atoms with E-state index in [1.807, 2.05) is 13.0 Å². The van der Waals surface area contributed by atoms with Crippen molar-refractivity contribution in [1.29, 1.82) is 0 Å². The van der Waals surface area contributed by atoms with Gasteiger partial charge in [0, 0.05) is 0 Å². The van der Waals surface area contributed by atoms with Gasteiger partial charge in [0.1, 0.15) is 5.01 Å². The van der Waals surface area contributed by atoms with Crippen molar-refractivity contribution in [3.63, 3.8) is 0 Å². The van der Waals surface area contributed by atoms with Crippen molar-refractivity contribution in [3.8, 4) is 10.6 Å². The molecule has 2 aromatic carbocycles. The Morgan fingerprint density at radius 2 is 1.36 bits per heavy atom. The van der Waals surface area contributed by atoms with E-state index in [1.54, 1.807) is 13.0 Å². The first-order valence-electron chi connectivity index (χ1n) is 6.21. The number of aryl methyl sites for hydroxylation is 2. The monoisotopic (exact) mass is 329 g/mol. The van der Waals surface area contributed by atoms with Crippen molar-refractivity contribution in [2.24, 2.45) is 0 Å². The fourth-order valence-corrected chi connectivity index (χ4v) is 3.44. The molecule has 0 aliphatic carbocycles. The van der Waals surface area contributed by atoms with Gasteiger partial charge in [0.05, 0.1) is 15.8 Å². The molecule has 0 fully saturated rings. The van der Waals surface area contributed by atoms with E-state index in [-0.39, 0.29) is 5.01 Å². The molecule has 1 aromatic heterocycles. The third kappa shape index (κ3) is 2.08. The fourth-order valence-electron chi connectivity index (χ4n) is 2.27. The molecule has 1 heterocycles. The second-order valence-corrected chi connectivity index (χ2v) is 5.92. The van der Waals surface area contributed by atoms with Crippen LogP contribution < -0.4 is 0 Å². The van der Waals surface area contributed by atoms with Crippen molar-refractivity contribution in [2.45, 2.75) is 13.8 Å². The number of halogens is 5. The summed E-state index contributed by atoms with van der Waals surface area (Å²) in [6, 6.07) is 3.57. The molecule has 0 bridgehead atoms. The highest BCUT2D eigenvalue weighted by atomic mass is 32.1. The van der Waals surface area contributed by atoms with Crippen LogP contribution in [0.1, 0.15) is 11.1 Å². The molecule has 0 atom stereocenters. The van der Waals surface area contributed by atoms with Crippen LogP contribution in [0.2, 0.25) is 0 Å². The maximum absolute atomic E-state index is 13.8. The SMILES string of the molecule is Cc1cc(C)c2nc(-c3c(F)c(F)c(F)c(F)c3F)sc2c1. The zero-order chi connectivity index (χ0) is 16.2. The van der Waals surface area contributed by atoms with Gasteiger partial charge in [0.25, 0.3) is 0 Å². The Bertz CT molecular complexity index is 887. The zero-order valence-corrected chi connectivity index (χ0v) is 12.2. The number of thiazole rings is 1. The molecule has 1 nitrogen and oxygen atoms in total. The van der Waals surface area contributed by atoms with Gasteiger partial charge >= 0.3 is 0 Å². The number of fused-ring (bicyclic) bond motifs is 1. The van der Waals surface area contributed by atoms with E-state index in [1.165, 1.54) is 0 Å². The number of benzene rings is 2. The molecular weight excluding hydrogens is 321 g/mol. The predicted octanol–water partition coefficient (Wildman–Crippen LogP) is 5.28. The fraction of sp³-hybridized carbons (Fsp3) is 0.133. The molecule has 3 rings (SSSR count). The molecule has 7 heteroatoms. The van der Waals surface area contributed by atoms with Gasteiger partial charge in [-0.15, -0.1) is 11.3 Å². The molecule has 0 saturated heterocycles. The maximum atomic E-state index is 13.8. The van der Waals surface area contributed by atoms with Gasteiger partial charge in [-0.25, -0.2) is 26.9 Å². The largest absolute Gasteiger partial charge is 0.236 e. The van der Waals surface area contributed by atoms with Crippen molar-refractivity contribution in [2.75, 3.05) is 0 Å². The summed E-state index contributed by atoms with van der Waals surface area (Å²) in [6.07, 6.45) is 0. The standard InChI is InChI=1S/C15H8F5NS/c1-5-3-6(2)14-7(4-5)22-15(21-14)8-9(16)11(18)13(20)12(19)10(8)17/h3-4H,1-2H3. The summed E-state index contributed by atoms with van der Waals surface area (Å²) in [5.41, 5.74) is 1.17. The molecule has 0 spiro atoms. The summed E-state index contributed by atoms with van der Waals surface area (Å²) < 4.78 is 68.0. The Kier molecular flexibility index (Phi) is 3.40. The van der Waals surface area contributed by atoms with Gasteiger partial charge in [-0.05, 0) is 31.0 Å². The average molecular weight is 329 g/mol. The molecule has 0 unspecified atom stereocenters. The van der Waals surface area contributed by atoms with Crippen molar-refractivity contribution >= 4 is 21.6 Å². The third-order valence-corrected chi connectivity index (χ3v) is 4.27. The molecule has 0 aliphatic heterocycles. The van der Waals surface area contributed by atoms with E-state index in [2.05, 4.69) is 4.98 Å². The Balaban J connectivity index is 2.35. The van der Waals surface area contributed by atoms with Crippen molar-refractivity contribution in [1.82, 2.24) is 4.98 Å². The molecule has 0 amide bonds. The van der Waals surface area contributed by atoms with Crippen LogP contribution in [0.5, 0.6) is 0 Å². The number of hydrogen-bond donors (Lipinski definition) is 0. The summed E-state index contributed by atoms with van der Waals surface area (Å²) in [5.74, 6) is -9.86. The van der Waals surface area contributed by atoms with Gasteiger partial charge in [-0.2, -0.15) is 0 Å². The first-order chi connectivity index (χ1) is 10.3. The molecule has 0 N–H and O–H groups in total. The summed E-state index contributed by atoms with van der Waals surface area (Å²) in [7, 11) is 0. The highest BCUT2D eigenvalue weighted by Crippen LogP contribution is 2.37. The lowest BCUT2D eigenvalue weighted by molar-refractivity contribution is 0.381. The zero-order valence-electron chi connectivity index (χ0n) is 11.4. The lowest BCUT2D eigenvalue weighted by Crippen LogP contribution is -2.03. The maximum Gasteiger partial charge on any atom is 0.200 e. The van der Waals surface area contributed by atoms with Crippen LogP contribution in [0.3, 0.4) is 0 Å². The minimum absolute atomic E-state index is 0.239. The summed E-state index contributed by atoms with van der Waals surface area (Å²) in [5, 5.41) is -0.239. The lowest BCUT2D eigenvalue weighted by Gasteiger charge is -2.05. The Morgan fingerprint density at radius 3 is 1.95 bits per heavy atom. The highest BCUT2D eigenvalue weighted by Gasteiger charge is 2.28. The van der Waals surface area contributed by atoms with E-state index >= 15 is 0 Å². The normalized spacial score (nSPS) is 11.4. The van der Waals surface area contributed by atoms with Crippen LogP contribution in [0, 0.1) is 42.9 Å². The Hall–Kier alpha value is -2.02. The molecule has 0 saturated carbocycles. The molecule has 114 valence electrons. The van der Waals surface area contributed by atoms with Crippen molar-refractivity contribution < 1.29 is 22.0 Å². The smallest absolute Gasteiger partial charge is 0.200 e. The first kappa shape index (κ1) is 14.9. The summed E-state index contributed by atoms with van der Waals surface area (Å²) in [6.45, 7) is 3.60. The van der Waals surface area contributed by atoms with Crippen LogP contribution in [0.4, 0.5) is 22.0 Å². The van der Waals surface area contributed by atoms with Gasteiger partial charge < -0.3 is 0 Å². The minimum atomic E-state index is -2.17. The van der Waals surface area contributed by atoms with Gasteiger partial charge in [0.15, 0.2) is 23.3 Å². The molecular formula is C15H8F5NS. The number of hydrogen-bond acceptors (Lipinski definition) is 2. The first-order valence-corrected chi connectivity index (χ1v) is 7.02. The topological polar surface area (TPSA) is 12.9 Å². The summed E-state index contributed by atoms with van der Waals surface area (Å²) >= 11 is 0.883. The number of aromatic nitrogens is 1. The molecule has 0 aliphatic rings. The van der Waals surface area contributed by atoms with E-state index in [0.29, 0.717) is 10.2 Å². The Labute approximate surface area is 126 Å². The molecule has 22 heavy (non-hydrogen) atoms. The third-order valence-electron chi connectivity index (χ3n) is 3.25. The minimum Gasteiger partial charge on any atom is -0.236 e. The van der Waals surface area contributed by atoms with E-state index < -0.39 is 34.6 Å². The van der Waals surface area contributed by atoms with E-state index in [0.717, 1.165) is 22.5 Å². The van der Waals surface area contributed by atoms with Gasteiger partial charge in [-0.1, -0.05) is 6.07 Å². The summed E-state index contributed by atoms with van der Waals surface area (Å²) in [4.78, 5) is 4.04. The van der Waals surface area contributed by atoms with Crippen LogP contribution >= 0.6 is 11.3 Å². The van der Waals surface area contributed by atoms with Crippen LogP contribution in [0.15, 0.2) is 12.1 Å². The number of nitrogens with zero attached hydrogens (tertiary/aromatic N) is 1. The van der Waals surface area contributed by atoms with Crippen LogP contribution in [-0.2, 0) is 0 Å². The average Bonchev–Trinajstić information content (AvgIpc) is 2.87. The second-order valence-electron chi connectivity index (χ2n) is 4.89. The van der Waals surface area contributed by atoms with E-state index in [4.69, 9.17) is 0 Å². The van der Waals surface area contributed by atoms with Gasteiger partial charge in [-0.3, -0.25) is 0 Å². The van der Waals surface area contributed by atoms with Gasteiger partial charge in [0.2, 0.25) is 5.82 Å². The predicted molar refractivity (Wildman–Crippen MR) is 74.3 cm³/mol. The Morgan fingerprint density at radius 1 is 0.818 bits per heavy atom. The lowest BCUT2D eigenvalue weighted by atomic mass is 10.1. The molecule has 0 radical (unpaired) electrons. The highest BCUT2D eigenvalue weighted by molar-refractivity contribution is 7.21.